The van der Waals surface area contributed by atoms with Crippen molar-refractivity contribution in [2.24, 2.45) is 11.8 Å². The molecule has 20 heavy (non-hydrogen) atoms. The minimum atomic E-state index is -0.314. The molecule has 1 N–H and O–H groups in total. The second-order valence-electron chi connectivity index (χ2n) is 5.60. The van der Waals surface area contributed by atoms with Crippen LogP contribution in [-0.4, -0.2) is 30.6 Å². The van der Waals surface area contributed by atoms with E-state index < -0.39 is 0 Å². The number of halogens is 1. The average Bonchev–Trinajstić information content (AvgIpc) is 2.97. The zero-order valence-corrected chi connectivity index (χ0v) is 13.5. The summed E-state index contributed by atoms with van der Waals surface area (Å²) in [6.45, 7) is 5.49. The van der Waals surface area contributed by atoms with Crippen LogP contribution in [0, 0.1) is 25.5 Å². The van der Waals surface area contributed by atoms with Crippen LogP contribution in [-0.2, 0) is 0 Å². The Kier molecular flexibility index (Phi) is 3.85. The molecular weight excluding hydrogens is 369 g/mol. The molecule has 0 aromatic heterocycles. The molecule has 2 saturated heterocycles. The third-order valence-electron chi connectivity index (χ3n) is 4.60. The zero-order chi connectivity index (χ0) is 14.3. The maximum absolute atomic E-state index is 10.9. The first-order chi connectivity index (χ1) is 9.61. The minimum Gasteiger partial charge on any atom is -0.368 e. The lowest BCUT2D eigenvalue weighted by Gasteiger charge is -2.29. The van der Waals surface area contributed by atoms with Gasteiger partial charge in [0.1, 0.15) is 0 Å². The van der Waals surface area contributed by atoms with E-state index in [1.807, 2.05) is 12.1 Å². The smallest absolute Gasteiger partial charge is 0.282 e. The molecule has 3 atom stereocenters. The number of fused-ring (bicyclic) bond motifs is 1. The Labute approximate surface area is 132 Å². The third-order valence-corrected chi connectivity index (χ3v) is 5.46. The van der Waals surface area contributed by atoms with Crippen molar-refractivity contribution in [3.05, 3.63) is 31.9 Å². The molecule has 0 bridgehead atoms. The largest absolute Gasteiger partial charge is 0.368 e. The molecule has 6 heteroatoms. The van der Waals surface area contributed by atoms with Crippen LogP contribution >= 0.6 is 22.6 Å². The fourth-order valence-electron chi connectivity index (χ4n) is 3.67. The van der Waals surface area contributed by atoms with E-state index in [0.29, 0.717) is 17.9 Å². The van der Waals surface area contributed by atoms with Gasteiger partial charge in [-0.25, -0.2) is 0 Å². The van der Waals surface area contributed by atoms with Gasteiger partial charge >= 0.3 is 0 Å². The number of benzene rings is 1. The summed E-state index contributed by atoms with van der Waals surface area (Å²) in [4.78, 5) is 13.0. The van der Waals surface area contributed by atoms with Crippen molar-refractivity contribution < 1.29 is 4.92 Å². The molecule has 2 heterocycles. The summed E-state index contributed by atoms with van der Waals surface area (Å²) < 4.78 is 0.718. The molecule has 2 fully saturated rings. The van der Waals surface area contributed by atoms with Crippen LogP contribution < -0.4 is 10.2 Å². The van der Waals surface area contributed by atoms with Crippen LogP contribution in [0.25, 0.3) is 0 Å². The van der Waals surface area contributed by atoms with Crippen molar-refractivity contribution in [3.8, 4) is 0 Å². The van der Waals surface area contributed by atoms with Crippen LogP contribution in [0.4, 0.5) is 11.4 Å². The highest BCUT2D eigenvalue weighted by Gasteiger charge is 2.43. The molecule has 1 aromatic carbocycles. The Hall–Kier alpha value is -0.890. The summed E-state index contributed by atoms with van der Waals surface area (Å²) in [5.74, 6) is 1.43. The molecule has 3 rings (SSSR count). The van der Waals surface area contributed by atoms with Gasteiger partial charge in [-0.2, -0.15) is 0 Å². The van der Waals surface area contributed by atoms with Crippen molar-refractivity contribution >= 4 is 34.0 Å². The van der Waals surface area contributed by atoms with E-state index in [9.17, 15) is 10.1 Å². The van der Waals surface area contributed by atoms with Gasteiger partial charge in [0.25, 0.3) is 5.69 Å². The molecular formula is C14H18IN3O2. The van der Waals surface area contributed by atoms with E-state index in [-0.39, 0.29) is 10.6 Å². The molecule has 1 aromatic rings. The van der Waals surface area contributed by atoms with Crippen molar-refractivity contribution in [1.29, 1.82) is 0 Å². The third kappa shape index (κ3) is 2.28. The molecule has 108 valence electrons. The lowest BCUT2D eigenvalue weighted by molar-refractivity contribution is -0.385. The van der Waals surface area contributed by atoms with E-state index in [2.05, 4.69) is 39.7 Å². The highest BCUT2D eigenvalue weighted by molar-refractivity contribution is 14.1. The van der Waals surface area contributed by atoms with Crippen LogP contribution in [0.2, 0.25) is 0 Å². The molecule has 2 aliphatic rings. The second-order valence-corrected chi connectivity index (χ2v) is 6.77. The van der Waals surface area contributed by atoms with Crippen LogP contribution in [0.15, 0.2) is 18.2 Å². The van der Waals surface area contributed by atoms with E-state index in [0.717, 1.165) is 35.3 Å². The first kappa shape index (κ1) is 14.1. The van der Waals surface area contributed by atoms with E-state index in [1.54, 1.807) is 6.07 Å². The molecule has 0 aliphatic carbocycles. The zero-order valence-electron chi connectivity index (χ0n) is 11.4. The number of nitrogens with one attached hydrogen (secondary N) is 1. The monoisotopic (exact) mass is 387 g/mol. The number of hydrogen-bond acceptors (Lipinski definition) is 4. The molecule has 0 spiro atoms. The summed E-state index contributed by atoms with van der Waals surface area (Å²) in [7, 11) is 0. The normalized spacial score (nSPS) is 28.7. The first-order valence-electron chi connectivity index (χ1n) is 7.03. The number of nitro groups is 1. The van der Waals surface area contributed by atoms with Crippen molar-refractivity contribution in [2.45, 2.75) is 19.4 Å². The molecule has 0 radical (unpaired) electrons. The SMILES string of the molecule is CCC1C2CNCC2CN1c1ccc([N+](=O)[O-])c(I)c1. The van der Waals surface area contributed by atoms with Gasteiger partial charge < -0.3 is 10.2 Å². The van der Waals surface area contributed by atoms with Crippen LogP contribution in [0.5, 0.6) is 0 Å². The maximum atomic E-state index is 10.9. The lowest BCUT2D eigenvalue weighted by atomic mass is 9.93. The number of anilines is 1. The Morgan fingerprint density at radius 1 is 1.50 bits per heavy atom. The number of rotatable bonds is 3. The predicted molar refractivity (Wildman–Crippen MR) is 87.1 cm³/mol. The quantitative estimate of drug-likeness (QED) is 0.492. The summed E-state index contributed by atoms with van der Waals surface area (Å²) in [6.07, 6.45) is 1.12. The molecule has 3 unspecified atom stereocenters. The Bertz CT molecular complexity index is 537. The standard InChI is InChI=1S/C14H18IN3O2/c1-2-13-11-7-16-6-9(11)8-17(13)10-3-4-14(18(19)20)12(15)5-10/h3-5,9,11,13,16H,2,6-8H2,1H3. The summed E-state index contributed by atoms with van der Waals surface area (Å²) in [5.41, 5.74) is 1.32. The number of hydrogen-bond donors (Lipinski definition) is 1. The van der Waals surface area contributed by atoms with Crippen molar-refractivity contribution in [3.63, 3.8) is 0 Å². The Morgan fingerprint density at radius 2 is 2.30 bits per heavy atom. The molecule has 2 aliphatic heterocycles. The highest BCUT2D eigenvalue weighted by atomic mass is 127. The van der Waals surface area contributed by atoms with Crippen molar-refractivity contribution in [1.82, 2.24) is 5.32 Å². The Balaban J connectivity index is 1.89. The fraction of sp³-hybridized carbons (Fsp3) is 0.571. The number of nitrogens with zero attached hydrogens (tertiary/aromatic N) is 2. The van der Waals surface area contributed by atoms with Gasteiger partial charge in [-0.05, 0) is 53.0 Å². The topological polar surface area (TPSA) is 58.4 Å². The molecule has 5 nitrogen and oxygen atoms in total. The lowest BCUT2D eigenvalue weighted by Crippen LogP contribution is -2.35. The van der Waals surface area contributed by atoms with E-state index in [4.69, 9.17) is 0 Å². The first-order valence-corrected chi connectivity index (χ1v) is 8.11. The van der Waals surface area contributed by atoms with Gasteiger partial charge in [0.15, 0.2) is 0 Å². The minimum absolute atomic E-state index is 0.198. The fourth-order valence-corrected chi connectivity index (χ4v) is 4.36. The number of nitro benzene ring substituents is 1. The van der Waals surface area contributed by atoms with Gasteiger partial charge in [0, 0.05) is 37.4 Å². The summed E-state index contributed by atoms with van der Waals surface area (Å²) in [6, 6.07) is 6.04. The van der Waals surface area contributed by atoms with Gasteiger partial charge in [-0.1, -0.05) is 6.92 Å². The van der Waals surface area contributed by atoms with Crippen molar-refractivity contribution in [2.75, 3.05) is 24.5 Å². The van der Waals surface area contributed by atoms with E-state index >= 15 is 0 Å². The predicted octanol–water partition coefficient (Wildman–Crippen LogP) is 2.63. The summed E-state index contributed by atoms with van der Waals surface area (Å²) in [5, 5.41) is 14.4. The highest BCUT2D eigenvalue weighted by Crippen LogP contribution is 2.38. The molecule has 0 amide bonds. The maximum Gasteiger partial charge on any atom is 0.282 e. The van der Waals surface area contributed by atoms with Crippen LogP contribution in [0.1, 0.15) is 13.3 Å². The van der Waals surface area contributed by atoms with Gasteiger partial charge in [0.05, 0.1) is 8.49 Å². The second kappa shape index (κ2) is 5.48. The molecule has 0 saturated carbocycles. The van der Waals surface area contributed by atoms with E-state index in [1.165, 1.54) is 0 Å². The van der Waals surface area contributed by atoms with Gasteiger partial charge in [-0.3, -0.25) is 10.1 Å². The van der Waals surface area contributed by atoms with Gasteiger partial charge in [-0.15, -0.1) is 0 Å². The Morgan fingerprint density at radius 3 is 2.95 bits per heavy atom. The van der Waals surface area contributed by atoms with Gasteiger partial charge in [0.2, 0.25) is 0 Å². The van der Waals surface area contributed by atoms with Crippen LogP contribution in [0.3, 0.4) is 0 Å². The average molecular weight is 387 g/mol. The summed E-state index contributed by atoms with van der Waals surface area (Å²) >= 11 is 2.06.